The summed E-state index contributed by atoms with van der Waals surface area (Å²) in [5.74, 6) is 0.345. The van der Waals surface area contributed by atoms with Crippen molar-refractivity contribution in [3.05, 3.63) is 39.2 Å². The average Bonchev–Trinajstić information content (AvgIpc) is 2.78. The van der Waals surface area contributed by atoms with E-state index in [4.69, 9.17) is 0 Å². The summed E-state index contributed by atoms with van der Waals surface area (Å²) in [6.45, 7) is 0.586. The van der Waals surface area contributed by atoms with Crippen molar-refractivity contribution in [2.45, 2.75) is 32.1 Å². The molecular formula is C17H18BrNO2S. The molecule has 116 valence electrons. The number of hydrogen-bond donors (Lipinski definition) is 0. The molecule has 3 nitrogen and oxygen atoms in total. The molecule has 2 fully saturated rings. The summed E-state index contributed by atoms with van der Waals surface area (Å²) in [6, 6.07) is 7.72. The van der Waals surface area contributed by atoms with Gasteiger partial charge in [0.05, 0.1) is 4.91 Å². The molecule has 3 rings (SSSR count). The summed E-state index contributed by atoms with van der Waals surface area (Å²) >= 11 is 4.45. The minimum atomic E-state index is -0.136. The number of benzene rings is 1. The molecule has 0 aromatic heterocycles. The van der Waals surface area contributed by atoms with E-state index in [1.807, 2.05) is 24.3 Å². The Labute approximate surface area is 143 Å². The van der Waals surface area contributed by atoms with Crippen LogP contribution in [0.2, 0.25) is 0 Å². The molecule has 1 aliphatic carbocycles. The molecule has 1 aromatic rings. The molecule has 2 amide bonds. The standard InChI is InChI=1S/C17H18BrNO2S/c18-14-8-6-12(7-9-14)10-15-16(20)19(17(21)22-15)11-13-4-2-1-3-5-13/h6-10,13H,1-5,11H2/b15-10+. The Morgan fingerprint density at radius 2 is 1.82 bits per heavy atom. The van der Waals surface area contributed by atoms with Crippen molar-refractivity contribution in [2.75, 3.05) is 6.54 Å². The van der Waals surface area contributed by atoms with Crippen LogP contribution >= 0.6 is 27.7 Å². The van der Waals surface area contributed by atoms with Gasteiger partial charge in [-0.15, -0.1) is 0 Å². The van der Waals surface area contributed by atoms with Crippen LogP contribution in [-0.2, 0) is 4.79 Å². The van der Waals surface area contributed by atoms with Gasteiger partial charge in [0.25, 0.3) is 11.1 Å². The van der Waals surface area contributed by atoms with Crippen molar-refractivity contribution in [2.24, 2.45) is 5.92 Å². The minimum absolute atomic E-state index is 0.126. The van der Waals surface area contributed by atoms with Gasteiger partial charge in [0.2, 0.25) is 0 Å². The molecular weight excluding hydrogens is 362 g/mol. The summed E-state index contributed by atoms with van der Waals surface area (Å²) in [6.07, 6.45) is 7.78. The Balaban J connectivity index is 1.71. The molecule has 22 heavy (non-hydrogen) atoms. The van der Waals surface area contributed by atoms with E-state index in [2.05, 4.69) is 15.9 Å². The SMILES string of the molecule is O=C1S/C(=C/c2ccc(Br)cc2)C(=O)N1CC1CCCCC1. The maximum Gasteiger partial charge on any atom is 0.293 e. The van der Waals surface area contributed by atoms with Gasteiger partial charge >= 0.3 is 0 Å². The molecule has 5 heteroatoms. The van der Waals surface area contributed by atoms with E-state index in [0.29, 0.717) is 17.4 Å². The molecule has 1 aliphatic heterocycles. The molecule has 0 bridgehead atoms. The van der Waals surface area contributed by atoms with Gasteiger partial charge in [0, 0.05) is 11.0 Å². The third kappa shape index (κ3) is 3.63. The summed E-state index contributed by atoms with van der Waals surface area (Å²) in [5, 5.41) is -0.126. The van der Waals surface area contributed by atoms with E-state index in [1.54, 1.807) is 6.08 Å². The first-order valence-corrected chi connectivity index (χ1v) is 9.25. The van der Waals surface area contributed by atoms with Crippen LogP contribution in [0.4, 0.5) is 4.79 Å². The van der Waals surface area contributed by atoms with Gasteiger partial charge in [0.1, 0.15) is 0 Å². The zero-order chi connectivity index (χ0) is 15.5. The number of amides is 2. The van der Waals surface area contributed by atoms with Crippen molar-refractivity contribution >= 4 is 44.9 Å². The molecule has 0 N–H and O–H groups in total. The van der Waals surface area contributed by atoms with E-state index in [0.717, 1.165) is 34.6 Å². The largest absolute Gasteiger partial charge is 0.293 e. The molecule has 1 heterocycles. The lowest BCUT2D eigenvalue weighted by atomic mass is 9.89. The molecule has 0 unspecified atom stereocenters. The fraction of sp³-hybridized carbons (Fsp3) is 0.412. The van der Waals surface area contributed by atoms with Gasteiger partial charge in [0.15, 0.2) is 0 Å². The number of imide groups is 1. The van der Waals surface area contributed by atoms with Crippen LogP contribution in [-0.4, -0.2) is 22.6 Å². The molecule has 0 radical (unpaired) electrons. The Bertz CT molecular complexity index is 606. The number of hydrogen-bond acceptors (Lipinski definition) is 3. The van der Waals surface area contributed by atoms with Gasteiger partial charge in [-0.3, -0.25) is 14.5 Å². The van der Waals surface area contributed by atoms with Gasteiger partial charge in [-0.05, 0) is 54.3 Å². The van der Waals surface area contributed by atoms with Crippen LogP contribution in [0.15, 0.2) is 33.6 Å². The van der Waals surface area contributed by atoms with Gasteiger partial charge in [-0.2, -0.15) is 0 Å². The second kappa shape index (κ2) is 7.01. The van der Waals surface area contributed by atoms with E-state index in [1.165, 1.54) is 24.2 Å². The molecule has 0 atom stereocenters. The summed E-state index contributed by atoms with van der Waals surface area (Å²) in [7, 11) is 0. The van der Waals surface area contributed by atoms with Crippen molar-refractivity contribution in [1.29, 1.82) is 0 Å². The van der Waals surface area contributed by atoms with Crippen LogP contribution < -0.4 is 0 Å². The fourth-order valence-electron chi connectivity index (χ4n) is 3.00. The average molecular weight is 380 g/mol. The third-order valence-electron chi connectivity index (χ3n) is 4.21. The summed E-state index contributed by atoms with van der Waals surface area (Å²) in [5.41, 5.74) is 0.936. The highest BCUT2D eigenvalue weighted by Crippen LogP contribution is 2.34. The normalized spacial score (nSPS) is 21.9. The van der Waals surface area contributed by atoms with Gasteiger partial charge in [-0.1, -0.05) is 47.3 Å². The summed E-state index contributed by atoms with van der Waals surface area (Å²) < 4.78 is 0.995. The number of rotatable bonds is 3. The Kier molecular flexibility index (Phi) is 5.03. The lowest BCUT2D eigenvalue weighted by Crippen LogP contribution is -2.34. The highest BCUT2D eigenvalue weighted by Gasteiger charge is 2.36. The zero-order valence-electron chi connectivity index (χ0n) is 12.3. The van der Waals surface area contributed by atoms with Crippen molar-refractivity contribution < 1.29 is 9.59 Å². The second-order valence-electron chi connectivity index (χ2n) is 5.85. The van der Waals surface area contributed by atoms with Crippen LogP contribution in [0.5, 0.6) is 0 Å². The lowest BCUT2D eigenvalue weighted by molar-refractivity contribution is -0.123. The monoisotopic (exact) mass is 379 g/mol. The molecule has 2 aliphatic rings. The topological polar surface area (TPSA) is 37.4 Å². The lowest BCUT2D eigenvalue weighted by Gasteiger charge is -2.25. The van der Waals surface area contributed by atoms with E-state index in [-0.39, 0.29) is 11.1 Å². The van der Waals surface area contributed by atoms with Gasteiger partial charge in [-0.25, -0.2) is 0 Å². The zero-order valence-corrected chi connectivity index (χ0v) is 14.7. The van der Waals surface area contributed by atoms with Crippen LogP contribution in [0, 0.1) is 5.92 Å². The Morgan fingerprint density at radius 3 is 2.50 bits per heavy atom. The number of halogens is 1. The van der Waals surface area contributed by atoms with Crippen LogP contribution in [0.1, 0.15) is 37.7 Å². The third-order valence-corrected chi connectivity index (χ3v) is 5.64. The molecule has 0 spiro atoms. The van der Waals surface area contributed by atoms with Crippen molar-refractivity contribution in [1.82, 2.24) is 4.90 Å². The minimum Gasteiger partial charge on any atom is -0.268 e. The molecule has 1 saturated heterocycles. The van der Waals surface area contributed by atoms with Gasteiger partial charge < -0.3 is 0 Å². The summed E-state index contributed by atoms with van der Waals surface area (Å²) in [4.78, 5) is 26.6. The number of carbonyl (C=O) groups excluding carboxylic acids is 2. The number of thioether (sulfide) groups is 1. The number of carbonyl (C=O) groups is 2. The molecule has 1 aromatic carbocycles. The van der Waals surface area contributed by atoms with Crippen LogP contribution in [0.25, 0.3) is 6.08 Å². The Morgan fingerprint density at radius 1 is 1.14 bits per heavy atom. The highest BCUT2D eigenvalue weighted by molar-refractivity contribution is 9.10. The maximum absolute atomic E-state index is 12.5. The van der Waals surface area contributed by atoms with Crippen LogP contribution in [0.3, 0.4) is 0 Å². The van der Waals surface area contributed by atoms with Crippen molar-refractivity contribution in [3.8, 4) is 0 Å². The predicted molar refractivity (Wildman–Crippen MR) is 93.4 cm³/mol. The van der Waals surface area contributed by atoms with Crippen molar-refractivity contribution in [3.63, 3.8) is 0 Å². The predicted octanol–water partition coefficient (Wildman–Crippen LogP) is 5.07. The smallest absolute Gasteiger partial charge is 0.268 e. The van der Waals surface area contributed by atoms with E-state index >= 15 is 0 Å². The number of nitrogens with zero attached hydrogens (tertiary/aromatic N) is 1. The van der Waals surface area contributed by atoms with E-state index in [9.17, 15) is 9.59 Å². The molecule has 1 saturated carbocycles. The first kappa shape index (κ1) is 15.8. The van der Waals surface area contributed by atoms with E-state index < -0.39 is 0 Å². The Hall–Kier alpha value is -1.07. The second-order valence-corrected chi connectivity index (χ2v) is 7.76. The quantitative estimate of drug-likeness (QED) is 0.688. The maximum atomic E-state index is 12.5. The first-order valence-electron chi connectivity index (χ1n) is 7.64. The first-order chi connectivity index (χ1) is 10.6. The highest BCUT2D eigenvalue weighted by atomic mass is 79.9. The fourth-order valence-corrected chi connectivity index (χ4v) is 4.11.